The Morgan fingerprint density at radius 2 is 0.549 bits per heavy atom. The van der Waals surface area contributed by atoms with Gasteiger partial charge in [-0.25, -0.2) is 0 Å². The predicted octanol–water partition coefficient (Wildman–Crippen LogP) is 20.3. The van der Waals surface area contributed by atoms with Crippen molar-refractivity contribution in [1.82, 2.24) is 0 Å². The monoisotopic (exact) mass is 989 g/mol. The Morgan fingerprint density at radius 1 is 0.296 bits per heavy atom. The van der Waals surface area contributed by atoms with Crippen LogP contribution in [-0.2, 0) is 28.6 Å². The highest BCUT2D eigenvalue weighted by Gasteiger charge is 2.19. The summed E-state index contributed by atoms with van der Waals surface area (Å²) in [5.41, 5.74) is 0. The van der Waals surface area contributed by atoms with Crippen LogP contribution in [0.5, 0.6) is 0 Å². The fourth-order valence-electron chi connectivity index (χ4n) is 8.42. The minimum atomic E-state index is -0.776. The fourth-order valence-corrected chi connectivity index (χ4v) is 8.42. The van der Waals surface area contributed by atoms with E-state index < -0.39 is 6.10 Å². The van der Waals surface area contributed by atoms with Crippen molar-refractivity contribution in [3.8, 4) is 0 Å². The molecule has 0 heterocycles. The third kappa shape index (κ3) is 57.4. The van der Waals surface area contributed by atoms with Gasteiger partial charge in [-0.1, -0.05) is 279 Å². The van der Waals surface area contributed by atoms with Gasteiger partial charge in [0.2, 0.25) is 0 Å². The van der Waals surface area contributed by atoms with Crippen LogP contribution in [0.15, 0.2) is 85.1 Å². The smallest absolute Gasteiger partial charge is 0.306 e. The number of rotatable bonds is 54. The quantitative estimate of drug-likeness (QED) is 0.0261. The summed E-state index contributed by atoms with van der Waals surface area (Å²) >= 11 is 0. The van der Waals surface area contributed by atoms with E-state index in [0.717, 1.165) is 109 Å². The maximum atomic E-state index is 12.8. The first-order chi connectivity index (χ1) is 35.0. The zero-order valence-electron chi connectivity index (χ0n) is 46.7. The van der Waals surface area contributed by atoms with Gasteiger partial charge in [-0.05, 0) is 77.0 Å². The van der Waals surface area contributed by atoms with Crippen molar-refractivity contribution >= 4 is 17.9 Å². The first-order valence-electron chi connectivity index (χ1n) is 30.1. The number of unbranched alkanes of at least 4 members (excludes halogenated alkanes) is 29. The molecular formula is C65H112O6. The predicted molar refractivity (Wildman–Crippen MR) is 307 cm³/mol. The Morgan fingerprint density at radius 3 is 0.859 bits per heavy atom. The maximum Gasteiger partial charge on any atom is 0.306 e. The summed E-state index contributed by atoms with van der Waals surface area (Å²) in [6, 6.07) is 0. The van der Waals surface area contributed by atoms with E-state index in [0.29, 0.717) is 19.3 Å². The van der Waals surface area contributed by atoms with Crippen LogP contribution in [0.3, 0.4) is 0 Å². The molecule has 0 fully saturated rings. The third-order valence-electron chi connectivity index (χ3n) is 12.9. The van der Waals surface area contributed by atoms with E-state index >= 15 is 0 Å². The van der Waals surface area contributed by atoms with Crippen LogP contribution in [0, 0.1) is 0 Å². The van der Waals surface area contributed by atoms with Gasteiger partial charge in [0.25, 0.3) is 0 Å². The summed E-state index contributed by atoms with van der Waals surface area (Å²) in [5, 5.41) is 0. The van der Waals surface area contributed by atoms with Gasteiger partial charge in [-0.2, -0.15) is 0 Å². The van der Waals surface area contributed by atoms with Crippen molar-refractivity contribution < 1.29 is 28.6 Å². The van der Waals surface area contributed by atoms with Gasteiger partial charge < -0.3 is 14.2 Å². The molecule has 0 aromatic rings. The molecule has 1 atom stereocenters. The van der Waals surface area contributed by atoms with Gasteiger partial charge in [0.1, 0.15) is 13.2 Å². The second kappa shape index (κ2) is 59.2. The van der Waals surface area contributed by atoms with Gasteiger partial charge >= 0.3 is 17.9 Å². The first kappa shape index (κ1) is 67.6. The molecule has 0 amide bonds. The molecule has 0 aliphatic carbocycles. The van der Waals surface area contributed by atoms with Gasteiger partial charge in [-0.15, -0.1) is 0 Å². The second-order valence-electron chi connectivity index (χ2n) is 19.9. The van der Waals surface area contributed by atoms with Gasteiger partial charge in [-0.3, -0.25) is 14.4 Å². The molecule has 71 heavy (non-hydrogen) atoms. The SMILES string of the molecule is CC/C=C\C/C=C\C/C=C\C/C=C\C/C=C\C/C=C\C/C=C\CCCCCCCCCC(=O)OCC(COC(=O)CCCCCCCCC)OC(=O)CCCCCCCCCCCCCCCCCCC. The molecule has 0 rings (SSSR count). The maximum absolute atomic E-state index is 12.8. The molecule has 0 aliphatic heterocycles. The Balaban J connectivity index is 4.17. The van der Waals surface area contributed by atoms with Crippen molar-refractivity contribution in [2.75, 3.05) is 13.2 Å². The highest BCUT2D eigenvalue weighted by atomic mass is 16.6. The van der Waals surface area contributed by atoms with E-state index in [1.807, 2.05) is 0 Å². The lowest BCUT2D eigenvalue weighted by molar-refractivity contribution is -0.167. The topological polar surface area (TPSA) is 78.9 Å². The molecule has 0 aliphatic rings. The Hall–Kier alpha value is -3.41. The number of hydrogen-bond donors (Lipinski definition) is 0. The Bertz CT molecular complexity index is 1370. The number of allylic oxidation sites excluding steroid dienone is 14. The van der Waals surface area contributed by atoms with E-state index in [9.17, 15) is 14.4 Å². The molecule has 0 saturated carbocycles. The van der Waals surface area contributed by atoms with Gasteiger partial charge in [0, 0.05) is 19.3 Å². The average Bonchev–Trinajstić information content (AvgIpc) is 3.37. The van der Waals surface area contributed by atoms with Crippen LogP contribution in [0.4, 0.5) is 0 Å². The number of carbonyl (C=O) groups is 3. The normalized spacial score (nSPS) is 12.7. The summed E-state index contributed by atoms with van der Waals surface area (Å²) in [4.78, 5) is 38.0. The third-order valence-corrected chi connectivity index (χ3v) is 12.9. The van der Waals surface area contributed by atoms with Crippen LogP contribution in [0.2, 0.25) is 0 Å². The Labute approximate surface area is 439 Å². The summed E-state index contributed by atoms with van der Waals surface area (Å²) in [5.74, 6) is -0.885. The van der Waals surface area contributed by atoms with Gasteiger partial charge in [0.05, 0.1) is 0 Å². The van der Waals surface area contributed by atoms with E-state index in [4.69, 9.17) is 14.2 Å². The number of hydrogen-bond acceptors (Lipinski definition) is 6. The van der Waals surface area contributed by atoms with E-state index in [-0.39, 0.29) is 31.1 Å². The standard InChI is InChI=1S/C65H112O6/c1-4-7-10-13-16-18-20-22-24-26-27-28-29-30-31-32-33-34-35-36-37-39-40-42-44-46-49-52-55-58-64(67)70-61-62(60-69-63(66)57-54-51-48-15-12-9-6-3)71-65(68)59-56-53-50-47-45-43-41-38-25-23-21-19-17-14-11-8-5-2/h7,10,16,18,22,24,27-28,30-31,33-34,36-37,62H,4-6,8-9,11-15,17,19-21,23,25-26,29,32,35,38-61H2,1-3H3/b10-7-,18-16-,24-22-,28-27-,31-30-,34-33-,37-36-. The second-order valence-corrected chi connectivity index (χ2v) is 19.9. The average molecular weight is 990 g/mol. The number of esters is 3. The first-order valence-corrected chi connectivity index (χ1v) is 30.1. The molecule has 0 aromatic carbocycles. The minimum Gasteiger partial charge on any atom is -0.462 e. The van der Waals surface area contributed by atoms with Crippen LogP contribution in [-0.4, -0.2) is 37.2 Å². The zero-order chi connectivity index (χ0) is 51.4. The Kier molecular flexibility index (Phi) is 56.3. The molecular weight excluding hydrogens is 877 g/mol. The van der Waals surface area contributed by atoms with Crippen molar-refractivity contribution in [2.24, 2.45) is 0 Å². The highest BCUT2D eigenvalue weighted by molar-refractivity contribution is 5.71. The van der Waals surface area contributed by atoms with Crippen LogP contribution < -0.4 is 0 Å². The van der Waals surface area contributed by atoms with E-state index in [1.165, 1.54) is 141 Å². The van der Waals surface area contributed by atoms with E-state index in [2.05, 4.69) is 106 Å². The fraction of sp³-hybridized carbons (Fsp3) is 0.738. The molecule has 6 heteroatoms. The molecule has 6 nitrogen and oxygen atoms in total. The molecule has 0 N–H and O–H groups in total. The number of ether oxygens (including phenoxy) is 3. The van der Waals surface area contributed by atoms with E-state index in [1.54, 1.807) is 0 Å². The molecule has 1 unspecified atom stereocenters. The van der Waals surface area contributed by atoms with Crippen molar-refractivity contribution in [2.45, 2.75) is 297 Å². The van der Waals surface area contributed by atoms with Crippen LogP contribution >= 0.6 is 0 Å². The van der Waals surface area contributed by atoms with Gasteiger partial charge in [0.15, 0.2) is 6.10 Å². The highest BCUT2D eigenvalue weighted by Crippen LogP contribution is 2.16. The molecule has 0 radical (unpaired) electrons. The molecule has 408 valence electrons. The molecule has 0 aromatic heterocycles. The summed E-state index contributed by atoms with van der Waals surface area (Å²) in [6.45, 7) is 6.50. The number of carbonyl (C=O) groups excluding carboxylic acids is 3. The van der Waals surface area contributed by atoms with Crippen molar-refractivity contribution in [3.63, 3.8) is 0 Å². The summed E-state index contributed by atoms with van der Waals surface area (Å²) in [7, 11) is 0. The van der Waals surface area contributed by atoms with Crippen LogP contribution in [0.1, 0.15) is 290 Å². The largest absolute Gasteiger partial charge is 0.462 e. The lowest BCUT2D eigenvalue weighted by Crippen LogP contribution is -2.30. The molecule has 0 bridgehead atoms. The lowest BCUT2D eigenvalue weighted by atomic mass is 10.0. The minimum absolute atomic E-state index is 0.0767. The summed E-state index contributed by atoms with van der Waals surface area (Å²) in [6.07, 6.45) is 77.4. The lowest BCUT2D eigenvalue weighted by Gasteiger charge is -2.18. The molecule has 0 saturated heterocycles. The summed E-state index contributed by atoms with van der Waals surface area (Å²) < 4.78 is 16.8. The van der Waals surface area contributed by atoms with Crippen LogP contribution in [0.25, 0.3) is 0 Å². The van der Waals surface area contributed by atoms with Crippen molar-refractivity contribution in [1.29, 1.82) is 0 Å². The zero-order valence-corrected chi connectivity index (χ0v) is 46.7. The molecule has 0 spiro atoms. The van der Waals surface area contributed by atoms with Crippen molar-refractivity contribution in [3.05, 3.63) is 85.1 Å².